The Hall–Kier alpha value is -0.280. The molecule has 1 aromatic carbocycles. The number of halogens is 2. The maximum absolute atomic E-state index is 9.87. The molecule has 0 bridgehead atoms. The molecule has 0 saturated carbocycles. The molecule has 0 atom stereocenters. The highest BCUT2D eigenvalue weighted by Crippen LogP contribution is 2.33. The van der Waals surface area contributed by atoms with E-state index in [4.69, 9.17) is 27.9 Å². The Morgan fingerprint density at radius 1 is 1.23 bits per heavy atom. The summed E-state index contributed by atoms with van der Waals surface area (Å²) < 4.78 is 4.94. The SMILES string of the molecule is OC1(c2ccc(Cl)c(Cl)c2)COC1. The molecule has 2 rings (SSSR count). The van der Waals surface area contributed by atoms with Crippen molar-refractivity contribution in [3.8, 4) is 0 Å². The fourth-order valence-electron chi connectivity index (χ4n) is 1.25. The van der Waals surface area contributed by atoms with Gasteiger partial charge in [0.2, 0.25) is 0 Å². The summed E-state index contributed by atoms with van der Waals surface area (Å²) in [6.07, 6.45) is 0. The molecule has 2 nitrogen and oxygen atoms in total. The van der Waals surface area contributed by atoms with Gasteiger partial charge in [-0.3, -0.25) is 0 Å². The van der Waals surface area contributed by atoms with E-state index in [1.165, 1.54) is 0 Å². The van der Waals surface area contributed by atoms with Gasteiger partial charge in [0.15, 0.2) is 0 Å². The zero-order chi connectivity index (χ0) is 9.47. The lowest BCUT2D eigenvalue weighted by Gasteiger charge is -2.36. The molecule has 0 amide bonds. The van der Waals surface area contributed by atoms with Gasteiger partial charge in [-0.15, -0.1) is 0 Å². The van der Waals surface area contributed by atoms with Crippen LogP contribution in [0.3, 0.4) is 0 Å². The number of hydrogen-bond acceptors (Lipinski definition) is 2. The van der Waals surface area contributed by atoms with Crippen LogP contribution in [0.5, 0.6) is 0 Å². The van der Waals surface area contributed by atoms with E-state index in [2.05, 4.69) is 0 Å². The van der Waals surface area contributed by atoms with E-state index in [9.17, 15) is 5.11 Å². The standard InChI is InChI=1S/C9H8Cl2O2/c10-7-2-1-6(3-8(7)11)9(12)4-13-5-9/h1-3,12H,4-5H2. The second kappa shape index (κ2) is 3.14. The first-order chi connectivity index (χ1) is 6.12. The van der Waals surface area contributed by atoms with Gasteiger partial charge in [0, 0.05) is 0 Å². The number of aliphatic hydroxyl groups is 1. The average Bonchev–Trinajstić information content (AvgIpc) is 2.06. The first-order valence-corrected chi connectivity index (χ1v) is 4.63. The molecule has 13 heavy (non-hydrogen) atoms. The molecule has 1 aliphatic heterocycles. The van der Waals surface area contributed by atoms with Gasteiger partial charge in [0.25, 0.3) is 0 Å². The van der Waals surface area contributed by atoms with Crippen LogP contribution < -0.4 is 0 Å². The lowest BCUT2D eigenvalue weighted by atomic mass is 9.92. The summed E-state index contributed by atoms with van der Waals surface area (Å²) in [5.74, 6) is 0. The highest BCUT2D eigenvalue weighted by Gasteiger charge is 2.38. The maximum atomic E-state index is 9.87. The van der Waals surface area contributed by atoms with Crippen LogP contribution in [0.4, 0.5) is 0 Å². The molecule has 0 aliphatic carbocycles. The molecule has 0 aromatic heterocycles. The van der Waals surface area contributed by atoms with E-state index in [1.807, 2.05) is 0 Å². The first-order valence-electron chi connectivity index (χ1n) is 3.87. The zero-order valence-corrected chi connectivity index (χ0v) is 8.27. The second-order valence-corrected chi connectivity index (χ2v) is 3.97. The molecule has 1 heterocycles. The lowest BCUT2D eigenvalue weighted by Crippen LogP contribution is -2.46. The molecular formula is C9H8Cl2O2. The summed E-state index contributed by atoms with van der Waals surface area (Å²) in [6, 6.07) is 5.11. The van der Waals surface area contributed by atoms with Gasteiger partial charge >= 0.3 is 0 Å². The largest absolute Gasteiger partial charge is 0.380 e. The lowest BCUT2D eigenvalue weighted by molar-refractivity contribution is -0.184. The number of benzene rings is 1. The molecule has 0 spiro atoms. The molecule has 1 saturated heterocycles. The molecular weight excluding hydrogens is 211 g/mol. The third kappa shape index (κ3) is 1.55. The molecule has 1 fully saturated rings. The number of hydrogen-bond donors (Lipinski definition) is 1. The van der Waals surface area contributed by atoms with Crippen LogP contribution >= 0.6 is 23.2 Å². The second-order valence-electron chi connectivity index (χ2n) is 3.15. The van der Waals surface area contributed by atoms with Crippen molar-refractivity contribution in [2.24, 2.45) is 0 Å². The van der Waals surface area contributed by atoms with Crippen molar-refractivity contribution in [1.82, 2.24) is 0 Å². The van der Waals surface area contributed by atoms with Gasteiger partial charge in [-0.25, -0.2) is 0 Å². The van der Waals surface area contributed by atoms with Crippen LogP contribution in [0.15, 0.2) is 18.2 Å². The van der Waals surface area contributed by atoms with E-state index in [1.54, 1.807) is 18.2 Å². The third-order valence-electron chi connectivity index (χ3n) is 2.14. The average molecular weight is 219 g/mol. The van der Waals surface area contributed by atoms with Crippen molar-refractivity contribution in [3.63, 3.8) is 0 Å². The monoisotopic (exact) mass is 218 g/mol. The molecule has 1 N–H and O–H groups in total. The highest BCUT2D eigenvalue weighted by molar-refractivity contribution is 6.42. The van der Waals surface area contributed by atoms with Crippen molar-refractivity contribution in [2.75, 3.05) is 13.2 Å². The van der Waals surface area contributed by atoms with Gasteiger partial charge in [0.05, 0.1) is 23.3 Å². The first kappa shape index (κ1) is 9.28. The van der Waals surface area contributed by atoms with Crippen LogP contribution in [-0.4, -0.2) is 18.3 Å². The summed E-state index contributed by atoms with van der Waals surface area (Å²) in [5, 5.41) is 10.8. The van der Waals surface area contributed by atoms with Gasteiger partial charge in [-0.2, -0.15) is 0 Å². The Morgan fingerprint density at radius 3 is 2.38 bits per heavy atom. The molecule has 70 valence electrons. The number of ether oxygens (including phenoxy) is 1. The van der Waals surface area contributed by atoms with Crippen molar-refractivity contribution in [1.29, 1.82) is 0 Å². The molecule has 1 aliphatic rings. The molecule has 4 heteroatoms. The Morgan fingerprint density at radius 2 is 1.92 bits per heavy atom. The normalized spacial score (nSPS) is 19.6. The summed E-state index contributed by atoms with van der Waals surface area (Å²) in [5.41, 5.74) is -0.109. The summed E-state index contributed by atoms with van der Waals surface area (Å²) in [7, 11) is 0. The topological polar surface area (TPSA) is 29.5 Å². The number of rotatable bonds is 1. The van der Waals surface area contributed by atoms with Crippen molar-refractivity contribution < 1.29 is 9.84 Å². The van der Waals surface area contributed by atoms with Crippen LogP contribution in [0, 0.1) is 0 Å². The van der Waals surface area contributed by atoms with Crippen molar-refractivity contribution >= 4 is 23.2 Å². The summed E-state index contributed by atoms with van der Waals surface area (Å²) in [6.45, 7) is 0.649. The Balaban J connectivity index is 2.36. The minimum atomic E-state index is -0.867. The van der Waals surface area contributed by atoms with Crippen molar-refractivity contribution in [2.45, 2.75) is 5.60 Å². The van der Waals surface area contributed by atoms with E-state index < -0.39 is 5.60 Å². The van der Waals surface area contributed by atoms with Crippen LogP contribution in [0.25, 0.3) is 0 Å². The maximum Gasteiger partial charge on any atom is 0.136 e. The Labute approximate surface area is 86.0 Å². The minimum absolute atomic E-state index is 0.324. The fourth-order valence-corrected chi connectivity index (χ4v) is 1.55. The Kier molecular flexibility index (Phi) is 2.24. The van der Waals surface area contributed by atoms with E-state index in [0.717, 1.165) is 5.56 Å². The smallest absolute Gasteiger partial charge is 0.136 e. The van der Waals surface area contributed by atoms with Gasteiger partial charge in [-0.05, 0) is 17.7 Å². The summed E-state index contributed by atoms with van der Waals surface area (Å²) in [4.78, 5) is 0. The van der Waals surface area contributed by atoms with Gasteiger partial charge < -0.3 is 9.84 Å². The predicted molar refractivity (Wildman–Crippen MR) is 51.2 cm³/mol. The van der Waals surface area contributed by atoms with E-state index in [0.29, 0.717) is 23.3 Å². The van der Waals surface area contributed by atoms with E-state index in [-0.39, 0.29) is 0 Å². The Bertz CT molecular complexity index is 334. The third-order valence-corrected chi connectivity index (χ3v) is 2.88. The highest BCUT2D eigenvalue weighted by atomic mass is 35.5. The van der Waals surface area contributed by atoms with Crippen LogP contribution in [0.2, 0.25) is 10.0 Å². The molecule has 0 radical (unpaired) electrons. The van der Waals surface area contributed by atoms with Crippen LogP contribution in [0.1, 0.15) is 5.56 Å². The molecule has 1 aromatic rings. The minimum Gasteiger partial charge on any atom is -0.380 e. The van der Waals surface area contributed by atoms with Crippen molar-refractivity contribution in [3.05, 3.63) is 33.8 Å². The molecule has 0 unspecified atom stereocenters. The van der Waals surface area contributed by atoms with E-state index >= 15 is 0 Å². The summed E-state index contributed by atoms with van der Waals surface area (Å²) >= 11 is 11.6. The van der Waals surface area contributed by atoms with Gasteiger partial charge in [0.1, 0.15) is 5.60 Å². The van der Waals surface area contributed by atoms with Crippen LogP contribution in [-0.2, 0) is 10.3 Å². The van der Waals surface area contributed by atoms with Gasteiger partial charge in [-0.1, -0.05) is 29.3 Å². The fraction of sp³-hybridized carbons (Fsp3) is 0.333. The zero-order valence-electron chi connectivity index (χ0n) is 6.76. The predicted octanol–water partition coefficient (Wildman–Crippen LogP) is 2.21. The quantitative estimate of drug-likeness (QED) is 0.784.